The summed E-state index contributed by atoms with van der Waals surface area (Å²) < 4.78 is 5.81. The highest BCUT2D eigenvalue weighted by atomic mass is 35.5. The van der Waals surface area contributed by atoms with Crippen molar-refractivity contribution < 1.29 is 9.53 Å². The van der Waals surface area contributed by atoms with Crippen molar-refractivity contribution in [3.05, 3.63) is 75.3 Å². The number of allylic oxidation sites excluding steroid dienone is 1. The van der Waals surface area contributed by atoms with Crippen molar-refractivity contribution in [1.29, 1.82) is 0 Å². The van der Waals surface area contributed by atoms with E-state index in [1.807, 2.05) is 54.8 Å². The number of Topliss-reactive ketones (excluding diaryl/α,β-unsaturated/α-hetero) is 1. The van der Waals surface area contributed by atoms with Crippen molar-refractivity contribution >= 4 is 34.8 Å². The van der Waals surface area contributed by atoms with Crippen LogP contribution in [0.2, 0.25) is 5.02 Å². The van der Waals surface area contributed by atoms with Gasteiger partial charge in [0.1, 0.15) is 11.5 Å². The lowest BCUT2D eigenvalue weighted by atomic mass is 10.0. The van der Waals surface area contributed by atoms with Crippen molar-refractivity contribution in [3.8, 4) is 11.6 Å². The number of nitrogens with zero attached hydrogens (tertiary/aromatic N) is 2. The average Bonchev–Trinajstić information content (AvgIpc) is 3.22. The van der Waals surface area contributed by atoms with Crippen molar-refractivity contribution in [3.63, 3.8) is 0 Å². The van der Waals surface area contributed by atoms with Crippen LogP contribution in [0.25, 0.3) is 6.08 Å². The van der Waals surface area contributed by atoms with Gasteiger partial charge in [0.2, 0.25) is 5.88 Å². The first-order chi connectivity index (χ1) is 14.5. The van der Waals surface area contributed by atoms with Crippen molar-refractivity contribution in [2.75, 3.05) is 0 Å². The Morgan fingerprint density at radius 1 is 1.27 bits per heavy atom. The first kappa shape index (κ1) is 22.2. The Morgan fingerprint density at radius 3 is 2.80 bits per heavy atom. The van der Waals surface area contributed by atoms with Gasteiger partial charge >= 0.3 is 0 Å². The normalized spacial score (nSPS) is 12.2. The van der Waals surface area contributed by atoms with E-state index in [9.17, 15) is 4.79 Å². The van der Waals surface area contributed by atoms with Crippen LogP contribution in [-0.4, -0.2) is 15.8 Å². The SMILES string of the molecule is CCCc1ccc(Oc2ccc(/C=C/[C@H](C)CC(=O)Cc3nccs3)cn2)c(Cl)c1. The Balaban J connectivity index is 1.53. The van der Waals surface area contributed by atoms with Crippen LogP contribution in [0.1, 0.15) is 42.8 Å². The Morgan fingerprint density at radius 2 is 2.13 bits per heavy atom. The number of carbonyl (C=O) groups excluding carboxylic acids is 1. The molecule has 0 aliphatic carbocycles. The number of ketones is 1. The zero-order chi connectivity index (χ0) is 21.3. The summed E-state index contributed by atoms with van der Waals surface area (Å²) in [5.74, 6) is 1.43. The molecule has 0 amide bonds. The zero-order valence-electron chi connectivity index (χ0n) is 17.2. The highest BCUT2D eigenvalue weighted by Crippen LogP contribution is 2.29. The van der Waals surface area contributed by atoms with Gasteiger partial charge in [-0.15, -0.1) is 11.3 Å². The summed E-state index contributed by atoms with van der Waals surface area (Å²) >= 11 is 7.84. The molecule has 0 saturated carbocycles. The van der Waals surface area contributed by atoms with Gasteiger partial charge < -0.3 is 4.74 Å². The van der Waals surface area contributed by atoms with Crippen molar-refractivity contribution in [2.45, 2.75) is 39.5 Å². The maximum absolute atomic E-state index is 12.1. The number of hydrogen-bond acceptors (Lipinski definition) is 5. The van der Waals surface area contributed by atoms with Crippen molar-refractivity contribution in [1.82, 2.24) is 9.97 Å². The Labute approximate surface area is 186 Å². The third-order valence-electron chi connectivity index (χ3n) is 4.51. The van der Waals surface area contributed by atoms with Gasteiger partial charge in [-0.25, -0.2) is 9.97 Å². The number of aromatic nitrogens is 2. The van der Waals surface area contributed by atoms with Crippen molar-refractivity contribution in [2.24, 2.45) is 5.92 Å². The molecule has 0 bridgehead atoms. The summed E-state index contributed by atoms with van der Waals surface area (Å²) in [6, 6.07) is 9.59. The largest absolute Gasteiger partial charge is 0.437 e. The maximum Gasteiger partial charge on any atom is 0.219 e. The number of aryl methyl sites for hydroxylation is 1. The third kappa shape index (κ3) is 6.78. The quantitative estimate of drug-likeness (QED) is 0.348. The standard InChI is InChI=1S/C24H25ClN2O2S/c1-3-4-18-7-9-22(21(25)14-18)29-23-10-8-19(16-27-23)6-5-17(2)13-20(28)15-24-26-11-12-30-24/h5-12,14,16-17H,3-4,13,15H2,1-2H3/b6-5+/t17-/m0/s1. The molecular formula is C24H25ClN2O2S. The van der Waals surface area contributed by atoms with E-state index in [1.54, 1.807) is 12.4 Å². The number of pyridine rings is 1. The van der Waals surface area contributed by atoms with Crippen LogP contribution < -0.4 is 4.74 Å². The highest BCUT2D eigenvalue weighted by Gasteiger charge is 2.09. The summed E-state index contributed by atoms with van der Waals surface area (Å²) in [5, 5.41) is 3.35. The monoisotopic (exact) mass is 440 g/mol. The van der Waals surface area contributed by atoms with E-state index in [1.165, 1.54) is 16.9 Å². The minimum atomic E-state index is 0.147. The van der Waals surface area contributed by atoms with Gasteiger partial charge in [-0.3, -0.25) is 4.79 Å². The Bertz CT molecular complexity index is 985. The lowest BCUT2D eigenvalue weighted by Gasteiger charge is -2.08. The van der Waals surface area contributed by atoms with Crippen LogP contribution in [0.15, 0.2) is 54.2 Å². The van der Waals surface area contributed by atoms with Crippen LogP contribution in [0, 0.1) is 5.92 Å². The molecule has 2 heterocycles. The number of halogens is 1. The van der Waals surface area contributed by atoms with Crippen LogP contribution >= 0.6 is 22.9 Å². The van der Waals surface area contributed by atoms with Gasteiger partial charge in [0.05, 0.1) is 16.5 Å². The fourth-order valence-corrected chi connectivity index (χ4v) is 3.90. The van der Waals surface area contributed by atoms with Gasteiger partial charge in [-0.2, -0.15) is 0 Å². The second kappa shape index (κ2) is 11.0. The molecule has 30 heavy (non-hydrogen) atoms. The molecule has 0 fully saturated rings. The number of benzene rings is 1. The Kier molecular flexibility index (Phi) is 8.17. The minimum Gasteiger partial charge on any atom is -0.437 e. The summed E-state index contributed by atoms with van der Waals surface area (Å²) in [6.45, 7) is 4.17. The molecule has 4 nitrogen and oxygen atoms in total. The lowest BCUT2D eigenvalue weighted by molar-refractivity contribution is -0.118. The summed E-state index contributed by atoms with van der Waals surface area (Å²) in [6.07, 6.45) is 10.5. The fraction of sp³-hybridized carbons (Fsp3) is 0.292. The summed E-state index contributed by atoms with van der Waals surface area (Å²) in [5.41, 5.74) is 2.15. The lowest BCUT2D eigenvalue weighted by Crippen LogP contribution is -2.06. The molecule has 6 heteroatoms. The van der Waals surface area contributed by atoms with Crippen LogP contribution in [0.5, 0.6) is 11.6 Å². The van der Waals surface area contributed by atoms with E-state index in [0.29, 0.717) is 29.5 Å². The smallest absolute Gasteiger partial charge is 0.219 e. The maximum atomic E-state index is 12.1. The summed E-state index contributed by atoms with van der Waals surface area (Å²) in [7, 11) is 0. The Hall–Kier alpha value is -2.50. The van der Waals surface area contributed by atoms with Crippen LogP contribution in [-0.2, 0) is 17.6 Å². The second-order valence-electron chi connectivity index (χ2n) is 7.23. The van der Waals surface area contributed by atoms with E-state index in [2.05, 4.69) is 16.9 Å². The molecule has 0 aliphatic heterocycles. The molecule has 1 aromatic carbocycles. The minimum absolute atomic E-state index is 0.147. The highest BCUT2D eigenvalue weighted by molar-refractivity contribution is 7.09. The molecule has 0 N–H and O–H groups in total. The molecule has 3 rings (SSSR count). The van der Waals surface area contributed by atoms with E-state index < -0.39 is 0 Å². The van der Waals surface area contributed by atoms with Crippen LogP contribution in [0.4, 0.5) is 0 Å². The molecular weight excluding hydrogens is 416 g/mol. The number of rotatable bonds is 10. The molecule has 0 spiro atoms. The first-order valence-electron chi connectivity index (χ1n) is 10.0. The first-order valence-corrected chi connectivity index (χ1v) is 11.3. The van der Waals surface area contributed by atoms with Gasteiger partial charge in [0.15, 0.2) is 0 Å². The molecule has 156 valence electrons. The van der Waals surface area contributed by atoms with Gasteiger partial charge in [0, 0.05) is 30.3 Å². The predicted octanol–water partition coefficient (Wildman–Crippen LogP) is 6.79. The molecule has 0 radical (unpaired) electrons. The van der Waals surface area contributed by atoms with Gasteiger partial charge in [-0.1, -0.05) is 50.1 Å². The van der Waals surface area contributed by atoms with E-state index in [-0.39, 0.29) is 11.7 Å². The molecule has 0 aliphatic rings. The van der Waals surface area contributed by atoms with Gasteiger partial charge in [0.25, 0.3) is 0 Å². The number of ether oxygens (including phenoxy) is 1. The fourth-order valence-electron chi connectivity index (χ4n) is 3.02. The topological polar surface area (TPSA) is 52.1 Å². The number of carbonyl (C=O) groups is 1. The van der Waals surface area contributed by atoms with E-state index in [0.717, 1.165) is 23.4 Å². The second-order valence-corrected chi connectivity index (χ2v) is 8.61. The molecule has 1 atom stereocenters. The molecule has 0 unspecified atom stereocenters. The summed E-state index contributed by atoms with van der Waals surface area (Å²) in [4.78, 5) is 20.6. The molecule has 2 aromatic heterocycles. The zero-order valence-corrected chi connectivity index (χ0v) is 18.7. The third-order valence-corrected chi connectivity index (χ3v) is 5.58. The van der Waals surface area contributed by atoms with Crippen LogP contribution in [0.3, 0.4) is 0 Å². The molecule has 0 saturated heterocycles. The van der Waals surface area contributed by atoms with Gasteiger partial charge in [-0.05, 0) is 41.7 Å². The number of hydrogen-bond donors (Lipinski definition) is 0. The predicted molar refractivity (Wildman–Crippen MR) is 123 cm³/mol. The van der Waals surface area contributed by atoms with E-state index >= 15 is 0 Å². The molecule has 3 aromatic rings. The van der Waals surface area contributed by atoms with E-state index in [4.69, 9.17) is 16.3 Å². The average molecular weight is 441 g/mol. The number of thiazole rings is 1.